The van der Waals surface area contributed by atoms with Gasteiger partial charge in [-0.3, -0.25) is 0 Å². The van der Waals surface area contributed by atoms with E-state index in [1.165, 1.54) is 0 Å². The van der Waals surface area contributed by atoms with Crippen LogP contribution in [-0.4, -0.2) is 34.9 Å². The maximum absolute atomic E-state index is 11.6. The van der Waals surface area contributed by atoms with Crippen molar-refractivity contribution in [2.45, 2.75) is 19.4 Å². The number of amides is 1. The van der Waals surface area contributed by atoms with Crippen LogP contribution >= 0.6 is 0 Å². The topological polar surface area (TPSA) is 80.9 Å². The Bertz CT molecular complexity index is 510. The fourth-order valence-corrected chi connectivity index (χ4v) is 2.47. The molecule has 0 aliphatic carbocycles. The average Bonchev–Trinajstić information content (AvgIpc) is 2.77. The number of benzene rings is 1. The Morgan fingerprint density at radius 2 is 2.38 bits per heavy atom. The molecule has 1 unspecified atom stereocenters. The summed E-state index contributed by atoms with van der Waals surface area (Å²) in [6.07, 6.45) is 0.617. The summed E-state index contributed by atoms with van der Waals surface area (Å²) in [6.45, 7) is 1.88. The second-order valence-corrected chi connectivity index (χ2v) is 4.55. The second kappa shape index (κ2) is 4.74. The minimum absolute atomic E-state index is 0.0873. The predicted molar refractivity (Wildman–Crippen MR) is 63.4 cm³/mol. The van der Waals surface area contributed by atoms with Crippen LogP contribution in [-0.2, 0) is 4.79 Å². The first-order chi connectivity index (χ1) is 7.72. The van der Waals surface area contributed by atoms with Crippen molar-refractivity contribution in [1.82, 2.24) is 7.96 Å². The summed E-state index contributed by atoms with van der Waals surface area (Å²) >= 11 is -0.0873. The fraction of sp³-hybridized carbons (Fsp3) is 0.300. The van der Waals surface area contributed by atoms with Crippen LogP contribution in [0.25, 0.3) is 11.0 Å². The van der Waals surface area contributed by atoms with E-state index >= 15 is 0 Å². The van der Waals surface area contributed by atoms with Crippen molar-refractivity contribution in [3.05, 3.63) is 18.2 Å². The summed E-state index contributed by atoms with van der Waals surface area (Å²) in [4.78, 5) is 11.6. The average molecular weight is 283 g/mol. The molecule has 84 valence electrons. The number of fused-ring (bicyclic) bond motifs is 1. The van der Waals surface area contributed by atoms with Gasteiger partial charge in [0.2, 0.25) is 0 Å². The quantitative estimate of drug-likeness (QED) is 0.797. The van der Waals surface area contributed by atoms with Crippen molar-refractivity contribution in [3.63, 3.8) is 0 Å². The number of hydrogen-bond acceptors (Lipinski definition) is 4. The summed E-state index contributed by atoms with van der Waals surface area (Å²) in [7, 11) is 0. The molecular weight excluding hydrogens is 271 g/mol. The molecule has 0 aliphatic rings. The van der Waals surface area contributed by atoms with E-state index < -0.39 is 6.04 Å². The van der Waals surface area contributed by atoms with E-state index in [4.69, 9.17) is 5.73 Å². The van der Waals surface area contributed by atoms with Gasteiger partial charge in [0.25, 0.3) is 0 Å². The van der Waals surface area contributed by atoms with Crippen LogP contribution in [0.2, 0.25) is 0 Å². The van der Waals surface area contributed by atoms with Crippen LogP contribution in [0.4, 0.5) is 5.69 Å². The van der Waals surface area contributed by atoms with Gasteiger partial charge in [0.05, 0.1) is 0 Å². The van der Waals surface area contributed by atoms with E-state index in [1.807, 2.05) is 25.1 Å². The van der Waals surface area contributed by atoms with Gasteiger partial charge >= 0.3 is 99.0 Å². The number of anilines is 1. The zero-order chi connectivity index (χ0) is 11.5. The normalized spacial score (nSPS) is 12.6. The predicted octanol–water partition coefficient (Wildman–Crippen LogP) is 0.363. The molecule has 1 amide bonds. The molecule has 3 N–H and O–H groups in total. The molecule has 1 aromatic heterocycles. The van der Waals surface area contributed by atoms with E-state index in [0.29, 0.717) is 12.1 Å². The van der Waals surface area contributed by atoms with Gasteiger partial charge in [0.1, 0.15) is 0 Å². The zero-order valence-corrected chi connectivity index (χ0v) is 10.5. The molecule has 5 nitrogen and oxygen atoms in total. The molecule has 1 aromatic carbocycles. The van der Waals surface area contributed by atoms with Crippen molar-refractivity contribution in [2.24, 2.45) is 5.73 Å². The Labute approximate surface area is 99.3 Å². The molecule has 2 rings (SSSR count). The molecule has 6 heteroatoms. The first-order valence-corrected chi connectivity index (χ1v) is 6.53. The molecule has 0 saturated heterocycles. The second-order valence-electron chi connectivity index (χ2n) is 3.44. The van der Waals surface area contributed by atoms with E-state index in [2.05, 4.69) is 13.3 Å². The molecule has 0 aliphatic heterocycles. The molecule has 1 heterocycles. The monoisotopic (exact) mass is 284 g/mol. The van der Waals surface area contributed by atoms with Gasteiger partial charge in [-0.05, 0) is 0 Å². The van der Waals surface area contributed by atoms with Crippen LogP contribution in [0.15, 0.2) is 18.2 Å². The summed E-state index contributed by atoms with van der Waals surface area (Å²) in [5, 5.41) is 2.79. The minimum atomic E-state index is -0.472. The number of nitrogens with zero attached hydrogens (tertiary/aromatic N) is 2. The van der Waals surface area contributed by atoms with Crippen molar-refractivity contribution < 1.29 is 4.79 Å². The first kappa shape index (κ1) is 11.3. The third-order valence-electron chi connectivity index (χ3n) is 2.32. The van der Waals surface area contributed by atoms with Gasteiger partial charge < -0.3 is 0 Å². The van der Waals surface area contributed by atoms with Gasteiger partial charge in [0.15, 0.2) is 0 Å². The van der Waals surface area contributed by atoms with E-state index in [-0.39, 0.29) is 20.9 Å². The van der Waals surface area contributed by atoms with Gasteiger partial charge in [0, 0.05) is 0 Å². The van der Waals surface area contributed by atoms with Crippen molar-refractivity contribution in [1.29, 1.82) is 0 Å². The number of carbonyl (C=O) groups is 1. The molecular formula is C10H12N4OSe. The van der Waals surface area contributed by atoms with E-state index in [0.717, 1.165) is 11.0 Å². The first-order valence-electron chi connectivity index (χ1n) is 5.00. The standard InChI is InChI=1S/C10H12N4OSe/c1-2-6(11)10(15)12-7-4-3-5-8-9(7)14-16-13-8/h3-6H,2,11H2,1H3,(H,12,15). The number of nitrogens with one attached hydrogen (secondary N) is 1. The number of nitrogens with two attached hydrogens (primary N) is 1. The van der Waals surface area contributed by atoms with Crippen LogP contribution < -0.4 is 11.1 Å². The van der Waals surface area contributed by atoms with Crippen molar-refractivity contribution >= 4 is 37.6 Å². The number of rotatable bonds is 3. The van der Waals surface area contributed by atoms with Gasteiger partial charge in [-0.25, -0.2) is 0 Å². The molecule has 1 atom stereocenters. The summed E-state index contributed by atoms with van der Waals surface area (Å²) in [5.41, 5.74) is 7.98. The Hall–Kier alpha value is -1.23. The molecule has 16 heavy (non-hydrogen) atoms. The van der Waals surface area contributed by atoms with E-state index in [1.54, 1.807) is 0 Å². The van der Waals surface area contributed by atoms with Crippen molar-refractivity contribution in [3.8, 4) is 0 Å². The summed E-state index contributed by atoms with van der Waals surface area (Å²) in [5.74, 6) is -0.175. The Balaban J connectivity index is 2.27. The van der Waals surface area contributed by atoms with Gasteiger partial charge in [-0.15, -0.1) is 0 Å². The van der Waals surface area contributed by atoms with Crippen LogP contribution in [0.5, 0.6) is 0 Å². The third kappa shape index (κ3) is 2.14. The number of carbonyl (C=O) groups excluding carboxylic acids is 1. The third-order valence-corrected chi connectivity index (χ3v) is 3.46. The Kier molecular flexibility index (Phi) is 3.33. The maximum atomic E-state index is 11.6. The fourth-order valence-electron chi connectivity index (χ4n) is 1.32. The number of aromatic nitrogens is 2. The van der Waals surface area contributed by atoms with Gasteiger partial charge in [-0.1, -0.05) is 0 Å². The van der Waals surface area contributed by atoms with Crippen LogP contribution in [0, 0.1) is 0 Å². The molecule has 0 radical (unpaired) electrons. The Morgan fingerprint density at radius 3 is 3.12 bits per heavy atom. The molecule has 0 spiro atoms. The summed E-state index contributed by atoms with van der Waals surface area (Å²) in [6, 6.07) is 5.09. The molecule has 0 saturated carbocycles. The molecule has 0 bridgehead atoms. The summed E-state index contributed by atoms with van der Waals surface area (Å²) < 4.78 is 8.52. The van der Waals surface area contributed by atoms with Crippen LogP contribution in [0.3, 0.4) is 0 Å². The molecule has 2 aromatic rings. The zero-order valence-electron chi connectivity index (χ0n) is 8.80. The van der Waals surface area contributed by atoms with Crippen LogP contribution in [0.1, 0.15) is 13.3 Å². The molecule has 0 fully saturated rings. The van der Waals surface area contributed by atoms with Crippen molar-refractivity contribution in [2.75, 3.05) is 5.32 Å². The van der Waals surface area contributed by atoms with E-state index in [9.17, 15) is 4.79 Å². The SMILES string of the molecule is CCC(N)C(=O)Nc1cccc2n[se]nc12. The number of hydrogen-bond donors (Lipinski definition) is 2. The van der Waals surface area contributed by atoms with Gasteiger partial charge in [-0.2, -0.15) is 0 Å². The Morgan fingerprint density at radius 1 is 1.56 bits per heavy atom.